The molecule has 0 saturated heterocycles. The van der Waals surface area contributed by atoms with Crippen LogP contribution in [0, 0.1) is 5.92 Å². The lowest BCUT2D eigenvalue weighted by Gasteiger charge is -2.06. The number of aliphatic hydroxyl groups excluding tert-OH is 1. The SMILES string of the molecule is CC(O)C(C)C(=O)O. The molecule has 2 N–H and O–H groups in total. The van der Waals surface area contributed by atoms with Crippen molar-refractivity contribution in [2.75, 3.05) is 0 Å². The summed E-state index contributed by atoms with van der Waals surface area (Å²) >= 11 is 0. The summed E-state index contributed by atoms with van der Waals surface area (Å²) in [5.41, 5.74) is 0. The quantitative estimate of drug-likeness (QED) is 0.540. The Balaban J connectivity index is 3.64. The molecule has 0 aliphatic carbocycles. The van der Waals surface area contributed by atoms with Crippen molar-refractivity contribution < 1.29 is 15.0 Å². The van der Waals surface area contributed by atoms with Crippen LogP contribution in [0.2, 0.25) is 0 Å². The molecule has 0 aromatic rings. The number of carboxylic acids is 1. The van der Waals surface area contributed by atoms with Crippen LogP contribution in [0.4, 0.5) is 0 Å². The maximum atomic E-state index is 9.98. The summed E-state index contributed by atoms with van der Waals surface area (Å²) in [5.74, 6) is -1.62. The molecule has 3 nitrogen and oxygen atoms in total. The molecular formula is C5H10O3. The van der Waals surface area contributed by atoms with E-state index < -0.39 is 18.0 Å². The molecule has 0 spiro atoms. The van der Waals surface area contributed by atoms with Crippen molar-refractivity contribution in [1.82, 2.24) is 0 Å². The molecule has 0 radical (unpaired) electrons. The minimum absolute atomic E-state index is 0.657. The summed E-state index contributed by atoms with van der Waals surface area (Å²) in [6.07, 6.45) is -0.757. The number of carboxylic acid groups (broad SMARTS) is 1. The van der Waals surface area contributed by atoms with Gasteiger partial charge in [0.15, 0.2) is 0 Å². The Kier molecular flexibility index (Phi) is 2.48. The molecule has 0 saturated carbocycles. The molecule has 2 unspecified atom stereocenters. The Morgan fingerprint density at radius 3 is 1.88 bits per heavy atom. The molecule has 3 heteroatoms. The summed E-state index contributed by atoms with van der Waals surface area (Å²) in [7, 11) is 0. The fraction of sp³-hybridized carbons (Fsp3) is 0.800. The lowest BCUT2D eigenvalue weighted by Crippen LogP contribution is -2.21. The van der Waals surface area contributed by atoms with Gasteiger partial charge in [0.05, 0.1) is 12.0 Å². The molecular weight excluding hydrogens is 108 g/mol. The Hall–Kier alpha value is -0.570. The van der Waals surface area contributed by atoms with E-state index in [1.54, 1.807) is 0 Å². The first kappa shape index (κ1) is 7.43. The topological polar surface area (TPSA) is 57.5 Å². The van der Waals surface area contributed by atoms with E-state index in [1.807, 2.05) is 0 Å². The highest BCUT2D eigenvalue weighted by molar-refractivity contribution is 5.70. The van der Waals surface area contributed by atoms with E-state index in [0.29, 0.717) is 0 Å². The Bertz CT molecular complexity index is 87.7. The van der Waals surface area contributed by atoms with Gasteiger partial charge in [-0.2, -0.15) is 0 Å². The van der Waals surface area contributed by atoms with Crippen LogP contribution in [0.3, 0.4) is 0 Å². The van der Waals surface area contributed by atoms with Crippen molar-refractivity contribution in [2.24, 2.45) is 5.92 Å². The van der Waals surface area contributed by atoms with Gasteiger partial charge in [0.1, 0.15) is 0 Å². The van der Waals surface area contributed by atoms with Crippen LogP contribution < -0.4 is 0 Å². The fourth-order valence-electron chi connectivity index (χ4n) is 0.206. The molecule has 0 fully saturated rings. The smallest absolute Gasteiger partial charge is 0.308 e. The maximum absolute atomic E-state index is 9.98. The lowest BCUT2D eigenvalue weighted by atomic mass is 10.1. The normalized spacial score (nSPS) is 17.4. The van der Waals surface area contributed by atoms with E-state index in [1.165, 1.54) is 13.8 Å². The summed E-state index contributed by atoms with van der Waals surface area (Å²) in [5, 5.41) is 16.8. The average Bonchev–Trinajstić information content (AvgIpc) is 1.64. The summed E-state index contributed by atoms with van der Waals surface area (Å²) in [6.45, 7) is 2.92. The van der Waals surface area contributed by atoms with E-state index in [9.17, 15) is 4.79 Å². The zero-order valence-electron chi connectivity index (χ0n) is 4.96. The highest BCUT2D eigenvalue weighted by atomic mass is 16.4. The van der Waals surface area contributed by atoms with Gasteiger partial charge in [-0.25, -0.2) is 0 Å². The van der Waals surface area contributed by atoms with Gasteiger partial charge in [-0.15, -0.1) is 0 Å². The second kappa shape index (κ2) is 2.67. The number of carbonyl (C=O) groups is 1. The molecule has 0 amide bonds. The number of aliphatic hydroxyl groups is 1. The van der Waals surface area contributed by atoms with Crippen LogP contribution >= 0.6 is 0 Å². The third kappa shape index (κ3) is 1.93. The van der Waals surface area contributed by atoms with E-state index in [2.05, 4.69) is 0 Å². The fourth-order valence-corrected chi connectivity index (χ4v) is 0.206. The van der Waals surface area contributed by atoms with Gasteiger partial charge in [-0.05, 0) is 13.8 Å². The second-order valence-electron chi connectivity index (χ2n) is 1.87. The van der Waals surface area contributed by atoms with E-state index in [4.69, 9.17) is 10.2 Å². The minimum atomic E-state index is -0.958. The van der Waals surface area contributed by atoms with Crippen molar-refractivity contribution >= 4 is 5.97 Å². The number of rotatable bonds is 2. The van der Waals surface area contributed by atoms with Crippen molar-refractivity contribution in [1.29, 1.82) is 0 Å². The molecule has 0 aliphatic heterocycles. The van der Waals surface area contributed by atoms with Crippen LogP contribution in [-0.2, 0) is 4.79 Å². The van der Waals surface area contributed by atoms with Gasteiger partial charge in [-0.3, -0.25) is 4.79 Å². The zero-order chi connectivity index (χ0) is 6.73. The predicted octanol–water partition coefficient (Wildman–Crippen LogP) is 0.0879. The lowest BCUT2D eigenvalue weighted by molar-refractivity contribution is -0.144. The molecule has 0 heterocycles. The first-order valence-corrected chi connectivity index (χ1v) is 2.46. The monoisotopic (exact) mass is 118 g/mol. The van der Waals surface area contributed by atoms with E-state index in [0.717, 1.165) is 0 Å². The number of hydrogen-bond acceptors (Lipinski definition) is 2. The highest BCUT2D eigenvalue weighted by Gasteiger charge is 2.15. The average molecular weight is 118 g/mol. The maximum Gasteiger partial charge on any atom is 0.308 e. The van der Waals surface area contributed by atoms with Crippen molar-refractivity contribution in [3.05, 3.63) is 0 Å². The Labute approximate surface area is 47.9 Å². The molecule has 0 aliphatic rings. The first-order chi connectivity index (χ1) is 3.55. The van der Waals surface area contributed by atoms with E-state index in [-0.39, 0.29) is 0 Å². The molecule has 0 aromatic heterocycles. The van der Waals surface area contributed by atoms with Gasteiger partial charge in [0, 0.05) is 0 Å². The Morgan fingerprint density at radius 2 is 1.88 bits per heavy atom. The summed E-state index contributed by atoms with van der Waals surface area (Å²) in [4.78, 5) is 9.98. The molecule has 2 atom stereocenters. The molecule has 0 aromatic carbocycles. The highest BCUT2D eigenvalue weighted by Crippen LogP contribution is 1.99. The van der Waals surface area contributed by atoms with Gasteiger partial charge in [-0.1, -0.05) is 0 Å². The van der Waals surface area contributed by atoms with Crippen LogP contribution in [0.5, 0.6) is 0 Å². The van der Waals surface area contributed by atoms with Crippen molar-refractivity contribution in [2.45, 2.75) is 20.0 Å². The second-order valence-corrected chi connectivity index (χ2v) is 1.87. The largest absolute Gasteiger partial charge is 0.481 e. The first-order valence-electron chi connectivity index (χ1n) is 2.46. The molecule has 0 rings (SSSR count). The summed E-state index contributed by atoms with van der Waals surface area (Å²) in [6, 6.07) is 0. The van der Waals surface area contributed by atoms with E-state index >= 15 is 0 Å². The summed E-state index contributed by atoms with van der Waals surface area (Å²) < 4.78 is 0. The predicted molar refractivity (Wildman–Crippen MR) is 28.5 cm³/mol. The Morgan fingerprint density at radius 1 is 1.50 bits per heavy atom. The van der Waals surface area contributed by atoms with Crippen LogP contribution in [-0.4, -0.2) is 22.3 Å². The van der Waals surface area contributed by atoms with Gasteiger partial charge >= 0.3 is 5.97 Å². The third-order valence-electron chi connectivity index (χ3n) is 1.11. The third-order valence-corrected chi connectivity index (χ3v) is 1.11. The zero-order valence-corrected chi connectivity index (χ0v) is 4.96. The standard InChI is InChI=1S/C5H10O3/c1-3(4(2)6)5(7)8/h3-4,6H,1-2H3,(H,7,8). The molecule has 48 valence electrons. The minimum Gasteiger partial charge on any atom is -0.481 e. The van der Waals surface area contributed by atoms with Gasteiger partial charge in [0.25, 0.3) is 0 Å². The van der Waals surface area contributed by atoms with Gasteiger partial charge in [0.2, 0.25) is 0 Å². The van der Waals surface area contributed by atoms with Crippen molar-refractivity contribution in [3.8, 4) is 0 Å². The number of aliphatic carboxylic acids is 1. The number of hydrogen-bond donors (Lipinski definition) is 2. The van der Waals surface area contributed by atoms with Crippen LogP contribution in [0.25, 0.3) is 0 Å². The molecule has 8 heavy (non-hydrogen) atoms. The van der Waals surface area contributed by atoms with Crippen LogP contribution in [0.15, 0.2) is 0 Å². The molecule has 0 bridgehead atoms. The van der Waals surface area contributed by atoms with Gasteiger partial charge < -0.3 is 10.2 Å². The van der Waals surface area contributed by atoms with Crippen molar-refractivity contribution in [3.63, 3.8) is 0 Å². The van der Waals surface area contributed by atoms with Crippen LogP contribution in [0.1, 0.15) is 13.8 Å².